The lowest BCUT2D eigenvalue weighted by Crippen LogP contribution is -2.21. The Morgan fingerprint density at radius 3 is 2.67 bits per heavy atom. The van der Waals surface area contributed by atoms with Crippen LogP contribution in [0.3, 0.4) is 0 Å². The number of thiazole rings is 1. The summed E-state index contributed by atoms with van der Waals surface area (Å²) < 4.78 is 0. The lowest BCUT2D eigenvalue weighted by atomic mass is 10.2. The molecule has 0 amide bonds. The van der Waals surface area contributed by atoms with Gasteiger partial charge in [0.1, 0.15) is 0 Å². The van der Waals surface area contributed by atoms with Crippen LogP contribution in [0.15, 0.2) is 0 Å². The number of aromatic nitrogens is 1. The smallest absolute Gasteiger partial charge is 0.0944 e. The van der Waals surface area contributed by atoms with Crippen LogP contribution >= 0.6 is 11.3 Å². The molecule has 0 radical (unpaired) electrons. The minimum Gasteiger partial charge on any atom is -0.312 e. The summed E-state index contributed by atoms with van der Waals surface area (Å²) in [7, 11) is 0. The van der Waals surface area contributed by atoms with Gasteiger partial charge < -0.3 is 10.2 Å². The van der Waals surface area contributed by atoms with Crippen molar-refractivity contribution in [2.75, 3.05) is 26.2 Å². The van der Waals surface area contributed by atoms with E-state index < -0.39 is 0 Å². The summed E-state index contributed by atoms with van der Waals surface area (Å²) in [4.78, 5) is 8.96. The average Bonchev–Trinajstić information content (AvgIpc) is 3.07. The minimum absolute atomic E-state index is 0.710. The van der Waals surface area contributed by atoms with Crippen molar-refractivity contribution in [3.63, 3.8) is 0 Å². The molecule has 0 unspecified atom stereocenters. The van der Waals surface area contributed by atoms with Gasteiger partial charge in [-0.3, -0.25) is 0 Å². The summed E-state index contributed by atoms with van der Waals surface area (Å²) >= 11 is 1.93. The molecule has 0 spiro atoms. The third-order valence-electron chi connectivity index (χ3n) is 3.99. The quantitative estimate of drug-likeness (QED) is 0.757. The molecule has 1 aliphatic rings. The van der Waals surface area contributed by atoms with E-state index in [-0.39, 0.29) is 0 Å². The Labute approximate surface area is 134 Å². The Kier molecular flexibility index (Phi) is 7.14. The summed E-state index contributed by atoms with van der Waals surface area (Å²) in [5.41, 5.74) is 1.34. The van der Waals surface area contributed by atoms with Crippen LogP contribution in [-0.4, -0.2) is 36.1 Å². The molecule has 0 saturated carbocycles. The molecule has 0 aliphatic carbocycles. The van der Waals surface area contributed by atoms with Crippen molar-refractivity contribution < 1.29 is 0 Å². The first-order valence-electron chi connectivity index (χ1n) is 8.59. The zero-order chi connectivity index (χ0) is 15.1. The first-order valence-corrected chi connectivity index (χ1v) is 9.41. The molecule has 2 heterocycles. The monoisotopic (exact) mass is 309 g/mol. The van der Waals surface area contributed by atoms with E-state index in [2.05, 4.69) is 31.0 Å². The van der Waals surface area contributed by atoms with E-state index in [1.165, 1.54) is 54.5 Å². The van der Waals surface area contributed by atoms with Crippen LogP contribution in [0.1, 0.15) is 55.6 Å². The topological polar surface area (TPSA) is 28.2 Å². The van der Waals surface area contributed by atoms with Crippen molar-refractivity contribution >= 4 is 11.3 Å². The normalized spacial score (nSPS) is 16.2. The van der Waals surface area contributed by atoms with Gasteiger partial charge in [0, 0.05) is 24.4 Å². The van der Waals surface area contributed by atoms with E-state index in [0.717, 1.165) is 25.9 Å². The number of rotatable bonds is 9. The number of hydrogen-bond acceptors (Lipinski definition) is 4. The van der Waals surface area contributed by atoms with Crippen molar-refractivity contribution in [1.82, 2.24) is 15.2 Å². The highest BCUT2D eigenvalue weighted by atomic mass is 32.1. The lowest BCUT2D eigenvalue weighted by Gasteiger charge is -2.12. The Bertz CT molecular complexity index is 408. The maximum absolute atomic E-state index is 4.91. The van der Waals surface area contributed by atoms with Gasteiger partial charge in [0.2, 0.25) is 0 Å². The fourth-order valence-corrected chi connectivity index (χ4v) is 3.92. The van der Waals surface area contributed by atoms with E-state index in [0.29, 0.717) is 5.92 Å². The Morgan fingerprint density at radius 2 is 2.00 bits per heavy atom. The molecule has 2 rings (SSSR count). The molecule has 120 valence electrons. The van der Waals surface area contributed by atoms with Gasteiger partial charge in [0.25, 0.3) is 0 Å². The van der Waals surface area contributed by atoms with Crippen molar-refractivity contribution in [2.45, 2.75) is 59.4 Å². The van der Waals surface area contributed by atoms with Crippen LogP contribution in [0.5, 0.6) is 0 Å². The summed E-state index contributed by atoms with van der Waals surface area (Å²) in [5, 5.41) is 4.91. The molecular formula is C17H31N3S. The van der Waals surface area contributed by atoms with E-state index in [4.69, 9.17) is 4.98 Å². The van der Waals surface area contributed by atoms with Gasteiger partial charge in [0.15, 0.2) is 0 Å². The second-order valence-corrected chi connectivity index (χ2v) is 7.72. The number of nitrogens with one attached hydrogen (secondary N) is 1. The Morgan fingerprint density at radius 1 is 1.24 bits per heavy atom. The van der Waals surface area contributed by atoms with Crippen LogP contribution in [0, 0.1) is 5.92 Å². The number of aryl methyl sites for hydroxylation is 1. The summed E-state index contributed by atoms with van der Waals surface area (Å²) in [6, 6.07) is 0. The van der Waals surface area contributed by atoms with Crippen molar-refractivity contribution in [1.29, 1.82) is 0 Å². The fraction of sp³-hybridized carbons (Fsp3) is 0.824. The van der Waals surface area contributed by atoms with Gasteiger partial charge in [-0.2, -0.15) is 0 Å². The van der Waals surface area contributed by atoms with Gasteiger partial charge in [-0.25, -0.2) is 4.98 Å². The summed E-state index contributed by atoms with van der Waals surface area (Å²) in [5.74, 6) is 0.710. The highest BCUT2D eigenvalue weighted by molar-refractivity contribution is 7.11. The molecule has 1 aliphatic heterocycles. The highest BCUT2D eigenvalue weighted by Gasteiger charge is 2.14. The summed E-state index contributed by atoms with van der Waals surface area (Å²) in [6.07, 6.45) is 6.20. The SMILES string of the molecule is CCCc1nc(CCN2CCCC2)sc1CNCC(C)C. The maximum Gasteiger partial charge on any atom is 0.0944 e. The third-order valence-corrected chi connectivity index (χ3v) is 5.15. The molecule has 4 heteroatoms. The molecule has 1 N–H and O–H groups in total. The van der Waals surface area contributed by atoms with Crippen LogP contribution in [0.2, 0.25) is 0 Å². The second-order valence-electron chi connectivity index (χ2n) is 6.55. The summed E-state index contributed by atoms with van der Waals surface area (Å²) in [6.45, 7) is 12.6. The lowest BCUT2D eigenvalue weighted by molar-refractivity contribution is 0.343. The number of likely N-dealkylation sites (tertiary alicyclic amines) is 1. The van der Waals surface area contributed by atoms with Crippen molar-refractivity contribution in [3.8, 4) is 0 Å². The van der Waals surface area contributed by atoms with Gasteiger partial charge in [0.05, 0.1) is 10.7 Å². The zero-order valence-corrected chi connectivity index (χ0v) is 14.8. The van der Waals surface area contributed by atoms with E-state index in [9.17, 15) is 0 Å². The largest absolute Gasteiger partial charge is 0.312 e. The first-order chi connectivity index (χ1) is 10.2. The fourth-order valence-electron chi connectivity index (χ4n) is 2.85. The van der Waals surface area contributed by atoms with E-state index >= 15 is 0 Å². The predicted octanol–water partition coefficient (Wildman–Crippen LogP) is 3.48. The molecule has 0 aromatic carbocycles. The van der Waals surface area contributed by atoms with Crippen molar-refractivity contribution in [2.24, 2.45) is 5.92 Å². The molecule has 1 aromatic heterocycles. The van der Waals surface area contributed by atoms with Gasteiger partial charge in [-0.05, 0) is 44.8 Å². The van der Waals surface area contributed by atoms with Crippen LogP contribution < -0.4 is 5.32 Å². The first kappa shape index (κ1) is 16.9. The maximum atomic E-state index is 4.91. The molecule has 21 heavy (non-hydrogen) atoms. The van der Waals surface area contributed by atoms with E-state index in [1.54, 1.807) is 0 Å². The Balaban J connectivity index is 1.88. The van der Waals surface area contributed by atoms with Gasteiger partial charge in [-0.15, -0.1) is 11.3 Å². The molecule has 0 bridgehead atoms. The van der Waals surface area contributed by atoms with Crippen LogP contribution in [-0.2, 0) is 19.4 Å². The number of hydrogen-bond donors (Lipinski definition) is 1. The number of nitrogens with zero attached hydrogens (tertiary/aromatic N) is 2. The highest BCUT2D eigenvalue weighted by Crippen LogP contribution is 2.21. The minimum atomic E-state index is 0.710. The Hall–Kier alpha value is -0.450. The molecule has 3 nitrogen and oxygen atoms in total. The molecule has 0 atom stereocenters. The van der Waals surface area contributed by atoms with Crippen LogP contribution in [0.4, 0.5) is 0 Å². The van der Waals surface area contributed by atoms with E-state index in [1.807, 2.05) is 11.3 Å². The van der Waals surface area contributed by atoms with Crippen molar-refractivity contribution in [3.05, 3.63) is 15.6 Å². The predicted molar refractivity (Wildman–Crippen MR) is 92.0 cm³/mol. The average molecular weight is 310 g/mol. The molecule has 1 aromatic rings. The molecular weight excluding hydrogens is 278 g/mol. The zero-order valence-electron chi connectivity index (χ0n) is 14.0. The van der Waals surface area contributed by atoms with Crippen LogP contribution in [0.25, 0.3) is 0 Å². The van der Waals surface area contributed by atoms with Gasteiger partial charge in [-0.1, -0.05) is 27.2 Å². The molecule has 1 fully saturated rings. The van der Waals surface area contributed by atoms with Gasteiger partial charge >= 0.3 is 0 Å². The standard InChI is InChI=1S/C17H31N3S/c1-4-7-15-16(13-18-12-14(2)3)21-17(19-15)8-11-20-9-5-6-10-20/h14,18H,4-13H2,1-3H3. The second kappa shape index (κ2) is 8.86. The third kappa shape index (κ3) is 5.68. The molecule has 1 saturated heterocycles.